The van der Waals surface area contributed by atoms with Gasteiger partial charge in [0.15, 0.2) is 0 Å². The number of rotatable bonds is 2. The lowest BCUT2D eigenvalue weighted by Gasteiger charge is -1.99. The lowest BCUT2D eigenvalue weighted by atomic mass is 10.1. The monoisotopic (exact) mass is 200 g/mol. The van der Waals surface area contributed by atoms with E-state index in [0.717, 1.165) is 10.9 Å². The van der Waals surface area contributed by atoms with Crippen molar-refractivity contribution in [2.45, 2.75) is 13.3 Å². The maximum Gasteiger partial charge on any atom is 0.100 e. The molecule has 0 saturated heterocycles. The summed E-state index contributed by atoms with van der Waals surface area (Å²) >= 11 is 0. The third kappa shape index (κ3) is 2.24. The Balaban J connectivity index is 2.47. The number of halogens is 1. The van der Waals surface area contributed by atoms with Crippen molar-refractivity contribution >= 4 is 16.8 Å². The van der Waals surface area contributed by atoms with Crippen molar-refractivity contribution in [2.75, 3.05) is 0 Å². The van der Waals surface area contributed by atoms with Gasteiger partial charge in [0.05, 0.1) is 0 Å². The van der Waals surface area contributed by atoms with Crippen molar-refractivity contribution in [3.63, 3.8) is 0 Å². The summed E-state index contributed by atoms with van der Waals surface area (Å²) in [5.74, 6) is -0.0784. The highest BCUT2D eigenvalue weighted by molar-refractivity contribution is 5.84. The zero-order valence-electron chi connectivity index (χ0n) is 8.70. The Labute approximate surface area is 89.0 Å². The summed E-state index contributed by atoms with van der Waals surface area (Å²) in [6.45, 7) is 1.81. The predicted octanol–water partition coefficient (Wildman–Crippen LogP) is 4.56. The van der Waals surface area contributed by atoms with Gasteiger partial charge in [-0.2, -0.15) is 0 Å². The van der Waals surface area contributed by atoms with Crippen molar-refractivity contribution in [3.05, 3.63) is 53.9 Å². The average Bonchev–Trinajstić information content (AvgIpc) is 2.29. The summed E-state index contributed by atoms with van der Waals surface area (Å²) in [7, 11) is 0. The molecule has 0 heterocycles. The zero-order valence-corrected chi connectivity index (χ0v) is 8.70. The fraction of sp³-hybridized carbons (Fsp3) is 0.143. The Hall–Kier alpha value is -1.63. The molecule has 1 heteroatoms. The summed E-state index contributed by atoms with van der Waals surface area (Å²) in [6.07, 6.45) is 2.04. The van der Waals surface area contributed by atoms with E-state index in [4.69, 9.17) is 0 Å². The molecule has 0 fully saturated rings. The summed E-state index contributed by atoms with van der Waals surface area (Å²) in [4.78, 5) is 0. The fourth-order valence-corrected chi connectivity index (χ4v) is 1.58. The second-order valence-corrected chi connectivity index (χ2v) is 3.55. The number of allylic oxidation sites excluding steroid dienone is 1. The molecule has 0 unspecified atom stereocenters. The number of hydrogen-bond acceptors (Lipinski definition) is 0. The number of hydrogen-bond donors (Lipinski definition) is 0. The molecule has 0 nitrogen and oxygen atoms in total. The van der Waals surface area contributed by atoms with Crippen LogP contribution in [0, 0.1) is 0 Å². The van der Waals surface area contributed by atoms with Crippen LogP contribution in [0.3, 0.4) is 0 Å². The van der Waals surface area contributed by atoms with Crippen LogP contribution in [-0.4, -0.2) is 0 Å². The third-order valence-corrected chi connectivity index (χ3v) is 2.43. The van der Waals surface area contributed by atoms with Crippen LogP contribution in [0.4, 0.5) is 4.39 Å². The molecule has 0 N–H and O–H groups in total. The van der Waals surface area contributed by atoms with Crippen molar-refractivity contribution in [2.24, 2.45) is 0 Å². The normalized spacial score (nSPS) is 12.0. The first-order chi connectivity index (χ1) is 7.29. The van der Waals surface area contributed by atoms with Crippen LogP contribution < -0.4 is 0 Å². The van der Waals surface area contributed by atoms with Gasteiger partial charge in [0.1, 0.15) is 5.83 Å². The van der Waals surface area contributed by atoms with E-state index in [1.165, 1.54) is 5.39 Å². The maximum absolute atomic E-state index is 13.1. The van der Waals surface area contributed by atoms with Crippen LogP contribution >= 0.6 is 0 Å². The Morgan fingerprint density at radius 2 is 1.87 bits per heavy atom. The predicted molar refractivity (Wildman–Crippen MR) is 63.3 cm³/mol. The van der Waals surface area contributed by atoms with E-state index in [9.17, 15) is 4.39 Å². The lowest BCUT2D eigenvalue weighted by molar-refractivity contribution is 0.612. The average molecular weight is 200 g/mol. The van der Waals surface area contributed by atoms with Crippen LogP contribution in [0.1, 0.15) is 18.9 Å². The van der Waals surface area contributed by atoms with Crippen LogP contribution in [0.15, 0.2) is 48.3 Å². The molecule has 76 valence electrons. The molecule has 2 rings (SSSR count). The first-order valence-corrected chi connectivity index (χ1v) is 5.14. The van der Waals surface area contributed by atoms with Crippen molar-refractivity contribution < 1.29 is 4.39 Å². The van der Waals surface area contributed by atoms with Crippen molar-refractivity contribution in [1.29, 1.82) is 0 Å². The van der Waals surface area contributed by atoms with Crippen LogP contribution in [0.2, 0.25) is 0 Å². The van der Waals surface area contributed by atoms with Gasteiger partial charge >= 0.3 is 0 Å². The van der Waals surface area contributed by atoms with Gasteiger partial charge in [0.2, 0.25) is 0 Å². The van der Waals surface area contributed by atoms with Gasteiger partial charge in [-0.1, -0.05) is 43.3 Å². The highest BCUT2D eigenvalue weighted by atomic mass is 19.1. The molecule has 2 aromatic carbocycles. The van der Waals surface area contributed by atoms with Gasteiger partial charge in [0, 0.05) is 0 Å². The highest BCUT2D eigenvalue weighted by Crippen LogP contribution is 2.18. The van der Waals surface area contributed by atoms with Gasteiger partial charge < -0.3 is 0 Å². The van der Waals surface area contributed by atoms with E-state index in [1.807, 2.05) is 43.3 Å². The Morgan fingerprint density at radius 1 is 1.13 bits per heavy atom. The topological polar surface area (TPSA) is 0 Å². The van der Waals surface area contributed by atoms with Crippen LogP contribution in [0.25, 0.3) is 16.8 Å². The van der Waals surface area contributed by atoms with E-state index in [2.05, 4.69) is 6.07 Å². The van der Waals surface area contributed by atoms with Gasteiger partial charge in [-0.05, 0) is 34.9 Å². The molecule has 2 aromatic rings. The van der Waals surface area contributed by atoms with Gasteiger partial charge in [-0.25, -0.2) is 4.39 Å². The first kappa shape index (κ1) is 9.91. The van der Waals surface area contributed by atoms with Gasteiger partial charge in [-0.15, -0.1) is 0 Å². The third-order valence-electron chi connectivity index (χ3n) is 2.43. The largest absolute Gasteiger partial charge is 0.212 e. The molecule has 0 radical (unpaired) electrons. The minimum Gasteiger partial charge on any atom is -0.212 e. The van der Waals surface area contributed by atoms with E-state index in [-0.39, 0.29) is 5.83 Å². The van der Waals surface area contributed by atoms with Crippen molar-refractivity contribution in [1.82, 2.24) is 0 Å². The number of benzene rings is 2. The van der Waals surface area contributed by atoms with Gasteiger partial charge in [-0.3, -0.25) is 0 Å². The smallest absolute Gasteiger partial charge is 0.100 e. The Kier molecular flexibility index (Phi) is 2.82. The first-order valence-electron chi connectivity index (χ1n) is 5.14. The van der Waals surface area contributed by atoms with Crippen molar-refractivity contribution in [3.8, 4) is 0 Å². The quantitative estimate of drug-likeness (QED) is 0.666. The Bertz CT molecular complexity index is 497. The molecule has 0 bridgehead atoms. The zero-order chi connectivity index (χ0) is 10.7. The van der Waals surface area contributed by atoms with Crippen LogP contribution in [0.5, 0.6) is 0 Å². The highest BCUT2D eigenvalue weighted by Gasteiger charge is 1.95. The molecule has 0 amide bonds. The molecule has 0 aliphatic carbocycles. The maximum atomic E-state index is 13.1. The second kappa shape index (κ2) is 4.26. The summed E-state index contributed by atoms with van der Waals surface area (Å²) < 4.78 is 13.1. The van der Waals surface area contributed by atoms with E-state index >= 15 is 0 Å². The minimum atomic E-state index is -0.0784. The van der Waals surface area contributed by atoms with Gasteiger partial charge in [0.25, 0.3) is 0 Å². The molecule has 0 saturated carbocycles. The second-order valence-electron chi connectivity index (χ2n) is 3.55. The Morgan fingerprint density at radius 3 is 2.60 bits per heavy atom. The standard InChI is InChI=1S/C14H13F/c1-2-14(15)10-11-7-8-12-5-3-4-6-13(12)9-11/h3-10H,2H2,1H3/b14-10+. The summed E-state index contributed by atoms with van der Waals surface area (Å²) in [6, 6.07) is 14.1. The van der Waals surface area contributed by atoms with E-state index in [0.29, 0.717) is 6.42 Å². The fourth-order valence-electron chi connectivity index (χ4n) is 1.58. The van der Waals surface area contributed by atoms with E-state index < -0.39 is 0 Å². The number of fused-ring (bicyclic) bond motifs is 1. The molecule has 0 aliphatic rings. The van der Waals surface area contributed by atoms with Crippen LogP contribution in [-0.2, 0) is 0 Å². The molecule has 0 atom stereocenters. The molecule has 15 heavy (non-hydrogen) atoms. The summed E-state index contributed by atoms with van der Waals surface area (Å²) in [5.41, 5.74) is 0.924. The molecular weight excluding hydrogens is 187 g/mol. The SMILES string of the molecule is CC/C(F)=C\c1ccc2ccccc2c1. The summed E-state index contributed by atoms with van der Waals surface area (Å²) in [5, 5.41) is 2.33. The molecular formula is C14H13F. The lowest BCUT2D eigenvalue weighted by Crippen LogP contribution is -1.76. The minimum absolute atomic E-state index is 0.0784. The van der Waals surface area contributed by atoms with E-state index in [1.54, 1.807) is 6.08 Å². The molecule has 0 aromatic heterocycles. The molecule has 0 aliphatic heterocycles. The molecule has 0 spiro atoms.